The van der Waals surface area contributed by atoms with Crippen molar-refractivity contribution < 1.29 is 42.4 Å². The van der Waals surface area contributed by atoms with Gasteiger partial charge in [0.15, 0.2) is 8.32 Å². The first kappa shape index (κ1) is 37.7. The van der Waals surface area contributed by atoms with Crippen molar-refractivity contribution in [2.24, 2.45) is 11.8 Å². The lowest BCUT2D eigenvalue weighted by Crippen LogP contribution is -2.47. The first-order valence-corrected chi connectivity index (χ1v) is 17.4. The van der Waals surface area contributed by atoms with Crippen LogP contribution in [0.15, 0.2) is 30.3 Å². The van der Waals surface area contributed by atoms with Crippen LogP contribution in [0.1, 0.15) is 59.9 Å². The predicted molar refractivity (Wildman–Crippen MR) is 162 cm³/mol. The minimum Gasteiger partial charge on any atom is -0.461 e. The molecule has 10 heteroatoms. The van der Waals surface area contributed by atoms with Gasteiger partial charge >= 0.3 is 5.97 Å². The number of carbonyl (C=O) groups excluding carboxylic acids is 1. The van der Waals surface area contributed by atoms with E-state index < -0.39 is 20.3 Å². The fraction of sp³-hybridized carbons (Fsp3) is 0.774. The summed E-state index contributed by atoms with van der Waals surface area (Å²) in [6.45, 7) is 17.6. The molecule has 9 nitrogen and oxygen atoms in total. The van der Waals surface area contributed by atoms with E-state index in [-0.39, 0.29) is 62.2 Å². The molecule has 0 saturated carbocycles. The Hall–Kier alpha value is -1.37. The molecular formula is C31H56O9Si. The van der Waals surface area contributed by atoms with Crippen LogP contribution in [0, 0.1) is 11.8 Å². The van der Waals surface area contributed by atoms with E-state index in [4.69, 9.17) is 37.6 Å². The highest BCUT2D eigenvalue weighted by molar-refractivity contribution is 6.74. The third-order valence-electron chi connectivity index (χ3n) is 7.80. The molecule has 6 atom stereocenters. The second kappa shape index (κ2) is 19.0. The van der Waals surface area contributed by atoms with Crippen LogP contribution in [0.4, 0.5) is 0 Å². The Labute approximate surface area is 249 Å². The third kappa shape index (κ3) is 13.6. The fourth-order valence-electron chi connectivity index (χ4n) is 4.36. The van der Waals surface area contributed by atoms with E-state index in [9.17, 15) is 4.79 Å². The lowest BCUT2D eigenvalue weighted by Gasteiger charge is -2.41. The van der Waals surface area contributed by atoms with Crippen LogP contribution in [0.3, 0.4) is 0 Å². The maximum Gasteiger partial charge on any atom is 0.311 e. The van der Waals surface area contributed by atoms with Crippen molar-refractivity contribution in [3.8, 4) is 0 Å². The zero-order valence-electron chi connectivity index (χ0n) is 27.3. The molecular weight excluding hydrogens is 544 g/mol. The first-order valence-electron chi connectivity index (χ1n) is 14.5. The Balaban J connectivity index is 3.20. The van der Waals surface area contributed by atoms with Gasteiger partial charge in [0.05, 0.1) is 24.2 Å². The number of benzene rings is 1. The molecule has 0 fully saturated rings. The van der Waals surface area contributed by atoms with E-state index in [1.807, 2.05) is 51.1 Å². The molecule has 0 aliphatic carbocycles. The predicted octanol–water partition coefficient (Wildman–Crippen LogP) is 6.16. The molecule has 238 valence electrons. The normalized spacial score (nSPS) is 17.0. The summed E-state index contributed by atoms with van der Waals surface area (Å²) >= 11 is 0. The van der Waals surface area contributed by atoms with Gasteiger partial charge in [-0.1, -0.05) is 58.0 Å². The van der Waals surface area contributed by atoms with Crippen molar-refractivity contribution in [1.82, 2.24) is 0 Å². The van der Waals surface area contributed by atoms with Crippen LogP contribution in [0.5, 0.6) is 0 Å². The molecule has 1 aromatic rings. The molecule has 0 aliphatic heterocycles. The molecule has 0 radical (unpaired) electrons. The number of hydrogen-bond donors (Lipinski definition) is 0. The van der Waals surface area contributed by atoms with Crippen LogP contribution in [-0.2, 0) is 49.0 Å². The highest BCUT2D eigenvalue weighted by Crippen LogP contribution is 2.39. The summed E-state index contributed by atoms with van der Waals surface area (Å²) in [5.74, 6) is -1.13. The Kier molecular flexibility index (Phi) is 17.5. The van der Waals surface area contributed by atoms with E-state index in [0.717, 1.165) is 5.56 Å². The number of ether oxygens (including phenoxy) is 7. The maximum atomic E-state index is 13.2. The van der Waals surface area contributed by atoms with Gasteiger partial charge in [0.1, 0.15) is 27.0 Å². The molecule has 0 N–H and O–H groups in total. The van der Waals surface area contributed by atoms with Gasteiger partial charge in [0.2, 0.25) is 0 Å². The first-order chi connectivity index (χ1) is 19.3. The second-order valence-corrected chi connectivity index (χ2v) is 17.0. The van der Waals surface area contributed by atoms with Gasteiger partial charge in [-0.25, -0.2) is 0 Å². The van der Waals surface area contributed by atoms with Gasteiger partial charge in [0, 0.05) is 33.4 Å². The number of rotatable bonds is 21. The molecule has 1 rings (SSSR count). The summed E-state index contributed by atoms with van der Waals surface area (Å²) in [5.41, 5.74) is 0.923. The summed E-state index contributed by atoms with van der Waals surface area (Å²) in [4.78, 5) is 13.2. The highest BCUT2D eigenvalue weighted by Gasteiger charge is 2.42. The minimum atomic E-state index is -2.13. The van der Waals surface area contributed by atoms with Crippen LogP contribution in [-0.4, -0.2) is 80.4 Å². The van der Waals surface area contributed by atoms with E-state index in [1.54, 1.807) is 21.3 Å². The average molecular weight is 601 g/mol. The number of hydrogen-bond acceptors (Lipinski definition) is 9. The monoisotopic (exact) mass is 600 g/mol. The molecule has 0 bridgehead atoms. The number of methoxy groups -OCH3 is 3. The average Bonchev–Trinajstić information content (AvgIpc) is 2.92. The SMILES string of the molecule is COCO[C@@H]([C@@H](C)[C@H](C[C@H](C[C@@H](C)OCOC)O[Si](C)(C)C(C)(C)C)OCOC)[C@H](C)C(=O)OCc1ccccc1. The number of carbonyl (C=O) groups is 1. The summed E-state index contributed by atoms with van der Waals surface area (Å²) in [6.07, 6.45) is 0.108. The van der Waals surface area contributed by atoms with Gasteiger partial charge in [-0.2, -0.15) is 0 Å². The van der Waals surface area contributed by atoms with E-state index >= 15 is 0 Å². The molecule has 0 amide bonds. The van der Waals surface area contributed by atoms with Crippen molar-refractivity contribution in [2.45, 2.75) is 104 Å². The summed E-state index contributed by atoms with van der Waals surface area (Å²) in [7, 11) is 2.63. The number of esters is 1. The zero-order chi connectivity index (χ0) is 31.1. The molecule has 0 heterocycles. The van der Waals surface area contributed by atoms with E-state index in [2.05, 4.69) is 33.9 Å². The molecule has 0 aliphatic rings. The van der Waals surface area contributed by atoms with Gasteiger partial charge in [-0.15, -0.1) is 0 Å². The Morgan fingerprint density at radius 1 is 0.829 bits per heavy atom. The van der Waals surface area contributed by atoms with Crippen LogP contribution in [0.25, 0.3) is 0 Å². The highest BCUT2D eigenvalue weighted by atomic mass is 28.4. The lowest BCUT2D eigenvalue weighted by atomic mass is 9.86. The van der Waals surface area contributed by atoms with Crippen LogP contribution >= 0.6 is 0 Å². The van der Waals surface area contributed by atoms with Gasteiger partial charge in [-0.05, 0) is 50.4 Å². The van der Waals surface area contributed by atoms with Crippen molar-refractivity contribution in [1.29, 1.82) is 0 Å². The Bertz CT molecular complexity index is 831. The van der Waals surface area contributed by atoms with Gasteiger partial charge < -0.3 is 37.6 Å². The standard InChI is InChI=1S/C31H56O9Si/c1-23(37-20-33-7)17-27(40-41(10,11)31(4,5)6)18-28(38-21-34-8)24(2)29(39-22-35-9)25(3)30(32)36-19-26-15-13-12-14-16-26/h12-16,23-25,27-29H,17-22H2,1-11H3/t23-,24+,25+,27+,28+,29+/m1/s1. The van der Waals surface area contributed by atoms with Crippen LogP contribution in [0.2, 0.25) is 18.1 Å². The fourth-order valence-corrected chi connectivity index (χ4v) is 5.74. The van der Waals surface area contributed by atoms with Crippen molar-refractivity contribution in [2.75, 3.05) is 41.7 Å². The molecule has 0 saturated heterocycles. The topological polar surface area (TPSA) is 90.9 Å². The maximum absolute atomic E-state index is 13.2. The molecule has 41 heavy (non-hydrogen) atoms. The quantitative estimate of drug-likeness (QED) is 0.0935. The van der Waals surface area contributed by atoms with E-state index in [0.29, 0.717) is 12.8 Å². The smallest absolute Gasteiger partial charge is 0.311 e. The molecule has 0 unspecified atom stereocenters. The zero-order valence-corrected chi connectivity index (χ0v) is 28.3. The van der Waals surface area contributed by atoms with Crippen molar-refractivity contribution in [3.05, 3.63) is 35.9 Å². The summed E-state index contributed by atoms with van der Waals surface area (Å²) in [5, 5.41) is 0.0253. The van der Waals surface area contributed by atoms with Crippen molar-refractivity contribution >= 4 is 14.3 Å². The largest absolute Gasteiger partial charge is 0.461 e. The molecule has 1 aromatic carbocycles. The minimum absolute atomic E-state index is 0.0253. The summed E-state index contributed by atoms with van der Waals surface area (Å²) in [6, 6.07) is 9.61. The molecule has 0 spiro atoms. The summed E-state index contributed by atoms with van der Waals surface area (Å²) < 4.78 is 46.4. The third-order valence-corrected chi connectivity index (χ3v) is 12.3. The van der Waals surface area contributed by atoms with Gasteiger partial charge in [0.25, 0.3) is 0 Å². The van der Waals surface area contributed by atoms with Crippen LogP contribution < -0.4 is 0 Å². The molecule has 0 aromatic heterocycles. The Morgan fingerprint density at radius 3 is 1.95 bits per heavy atom. The van der Waals surface area contributed by atoms with E-state index in [1.165, 1.54) is 0 Å². The lowest BCUT2D eigenvalue weighted by molar-refractivity contribution is -0.176. The second-order valence-electron chi connectivity index (χ2n) is 12.2. The van der Waals surface area contributed by atoms with Crippen molar-refractivity contribution in [3.63, 3.8) is 0 Å². The van der Waals surface area contributed by atoms with Gasteiger partial charge in [-0.3, -0.25) is 4.79 Å². The Morgan fingerprint density at radius 2 is 1.39 bits per heavy atom.